The number of urea groups is 1. The minimum atomic E-state index is -0.702. The number of aromatic nitrogens is 1. The fourth-order valence-electron chi connectivity index (χ4n) is 2.10. The number of thiazole rings is 1. The zero-order valence-electron chi connectivity index (χ0n) is 12.4. The third-order valence-corrected chi connectivity index (χ3v) is 4.76. The molecule has 0 fully saturated rings. The van der Waals surface area contributed by atoms with E-state index in [1.165, 1.54) is 23.5 Å². The van der Waals surface area contributed by atoms with Crippen LogP contribution in [-0.4, -0.2) is 16.9 Å². The smallest absolute Gasteiger partial charge is 0.283 e. The normalized spacial score (nSPS) is 10.6. The van der Waals surface area contributed by atoms with Crippen LogP contribution in [0.3, 0.4) is 0 Å². The predicted octanol–water partition coefficient (Wildman–Crippen LogP) is 4.87. The van der Waals surface area contributed by atoms with Crippen molar-refractivity contribution in [2.24, 2.45) is 0 Å². The molecule has 8 heteroatoms. The molecule has 0 aliphatic rings. The Balaban J connectivity index is 1.73. The molecule has 3 amide bonds. The summed E-state index contributed by atoms with van der Waals surface area (Å²) in [7, 11) is 0. The average molecular weight is 380 g/mol. The number of hydrogen-bond acceptors (Lipinski definition) is 4. The zero-order valence-corrected chi connectivity index (χ0v) is 14.7. The standard InChI is InChI=1S/C16H11Cl2N3O2S/c1-8-5-6-12-11(7-8)19-16(24-12)21-15(23)20-14(22)13-9(17)3-2-4-10(13)18/h2-7H,1H3,(H2,19,20,21,22,23). The van der Waals surface area contributed by atoms with Crippen molar-refractivity contribution in [3.63, 3.8) is 0 Å². The van der Waals surface area contributed by atoms with Crippen molar-refractivity contribution < 1.29 is 9.59 Å². The van der Waals surface area contributed by atoms with E-state index >= 15 is 0 Å². The highest BCUT2D eigenvalue weighted by Gasteiger charge is 2.17. The molecule has 0 bridgehead atoms. The van der Waals surface area contributed by atoms with Gasteiger partial charge in [-0.1, -0.05) is 46.7 Å². The molecule has 0 saturated carbocycles. The number of rotatable bonds is 2. The molecule has 0 saturated heterocycles. The Morgan fingerprint density at radius 1 is 1.12 bits per heavy atom. The predicted molar refractivity (Wildman–Crippen MR) is 97.3 cm³/mol. The summed E-state index contributed by atoms with van der Waals surface area (Å²) < 4.78 is 0.941. The molecule has 0 unspecified atom stereocenters. The van der Waals surface area contributed by atoms with E-state index in [9.17, 15) is 9.59 Å². The van der Waals surface area contributed by atoms with Gasteiger partial charge in [0.2, 0.25) is 0 Å². The van der Waals surface area contributed by atoms with Gasteiger partial charge in [-0.05, 0) is 36.8 Å². The van der Waals surface area contributed by atoms with Gasteiger partial charge in [0.1, 0.15) is 0 Å². The van der Waals surface area contributed by atoms with Crippen molar-refractivity contribution in [1.82, 2.24) is 10.3 Å². The SMILES string of the molecule is Cc1ccc2sc(NC(=O)NC(=O)c3c(Cl)cccc3Cl)nc2c1. The summed E-state index contributed by atoms with van der Waals surface area (Å²) >= 11 is 13.2. The molecule has 2 N–H and O–H groups in total. The molecule has 0 aliphatic heterocycles. The Labute approximate surface area is 151 Å². The Hall–Kier alpha value is -2.15. The second kappa shape index (κ2) is 6.76. The van der Waals surface area contributed by atoms with E-state index in [0.29, 0.717) is 5.13 Å². The van der Waals surface area contributed by atoms with Gasteiger partial charge < -0.3 is 0 Å². The van der Waals surface area contributed by atoms with Crippen LogP contribution in [0.25, 0.3) is 10.2 Å². The van der Waals surface area contributed by atoms with Crippen LogP contribution in [0.1, 0.15) is 15.9 Å². The van der Waals surface area contributed by atoms with Crippen LogP contribution in [-0.2, 0) is 0 Å². The minimum absolute atomic E-state index is 0.0518. The quantitative estimate of drug-likeness (QED) is 0.666. The molecule has 0 radical (unpaired) electrons. The number of aryl methyl sites for hydroxylation is 1. The van der Waals surface area contributed by atoms with Crippen molar-refractivity contribution in [3.8, 4) is 0 Å². The van der Waals surface area contributed by atoms with Crippen molar-refractivity contribution in [2.45, 2.75) is 6.92 Å². The van der Waals surface area contributed by atoms with Gasteiger partial charge in [0.05, 0.1) is 25.8 Å². The summed E-state index contributed by atoms with van der Waals surface area (Å²) in [4.78, 5) is 28.5. The summed E-state index contributed by atoms with van der Waals surface area (Å²) in [5.41, 5.74) is 1.92. The summed E-state index contributed by atoms with van der Waals surface area (Å²) in [6.07, 6.45) is 0. The van der Waals surface area contributed by atoms with Gasteiger partial charge in [-0.25, -0.2) is 9.78 Å². The van der Waals surface area contributed by atoms with Gasteiger partial charge in [0, 0.05) is 0 Å². The number of anilines is 1. The van der Waals surface area contributed by atoms with Crippen LogP contribution in [0, 0.1) is 6.92 Å². The minimum Gasteiger partial charge on any atom is -0.283 e. The molecule has 24 heavy (non-hydrogen) atoms. The fraction of sp³-hybridized carbons (Fsp3) is 0.0625. The number of nitrogens with zero attached hydrogens (tertiary/aromatic N) is 1. The lowest BCUT2D eigenvalue weighted by Crippen LogP contribution is -2.34. The lowest BCUT2D eigenvalue weighted by molar-refractivity contribution is 0.0967. The number of halogens is 2. The lowest BCUT2D eigenvalue weighted by Gasteiger charge is -2.07. The van der Waals surface area contributed by atoms with Gasteiger partial charge >= 0.3 is 6.03 Å². The summed E-state index contributed by atoms with van der Waals surface area (Å²) in [5, 5.41) is 5.47. The maximum atomic E-state index is 12.1. The number of benzene rings is 2. The Morgan fingerprint density at radius 2 is 1.83 bits per heavy atom. The molecule has 0 aliphatic carbocycles. The van der Waals surface area contributed by atoms with Crippen LogP contribution in [0.5, 0.6) is 0 Å². The number of hydrogen-bond donors (Lipinski definition) is 2. The number of carbonyl (C=O) groups is 2. The summed E-state index contributed by atoms with van der Waals surface area (Å²) in [6.45, 7) is 1.96. The largest absolute Gasteiger partial charge is 0.327 e. The second-order valence-corrected chi connectivity index (χ2v) is 6.84. The molecule has 122 valence electrons. The topological polar surface area (TPSA) is 71.1 Å². The first-order chi connectivity index (χ1) is 11.4. The molecule has 3 aromatic rings. The van der Waals surface area contributed by atoms with E-state index in [-0.39, 0.29) is 15.6 Å². The molecule has 0 atom stereocenters. The Bertz CT molecular complexity index is 935. The molecular formula is C16H11Cl2N3O2S. The van der Waals surface area contributed by atoms with E-state index in [0.717, 1.165) is 15.8 Å². The first kappa shape index (κ1) is 16.7. The third kappa shape index (κ3) is 3.51. The van der Waals surface area contributed by atoms with Gasteiger partial charge in [0.15, 0.2) is 5.13 Å². The summed E-state index contributed by atoms with van der Waals surface area (Å²) in [6, 6.07) is 9.78. The van der Waals surface area contributed by atoms with E-state index in [2.05, 4.69) is 15.6 Å². The Morgan fingerprint density at radius 3 is 2.54 bits per heavy atom. The highest BCUT2D eigenvalue weighted by Crippen LogP contribution is 2.27. The van der Waals surface area contributed by atoms with Crippen molar-refractivity contribution >= 4 is 61.8 Å². The molecule has 3 rings (SSSR count). The molecule has 2 aromatic carbocycles. The van der Waals surface area contributed by atoms with Gasteiger partial charge in [-0.2, -0.15) is 0 Å². The van der Waals surface area contributed by atoms with Gasteiger partial charge in [-0.15, -0.1) is 0 Å². The van der Waals surface area contributed by atoms with Crippen molar-refractivity contribution in [2.75, 3.05) is 5.32 Å². The summed E-state index contributed by atoms with van der Waals surface area (Å²) in [5.74, 6) is -0.681. The van der Waals surface area contributed by atoms with Crippen LogP contribution < -0.4 is 10.6 Å². The fourth-order valence-corrected chi connectivity index (χ4v) is 3.51. The number of carbonyl (C=O) groups excluding carboxylic acids is 2. The van der Waals surface area contributed by atoms with Crippen LogP contribution in [0.4, 0.5) is 9.93 Å². The number of imide groups is 1. The van der Waals surface area contributed by atoms with Crippen LogP contribution in [0.15, 0.2) is 36.4 Å². The zero-order chi connectivity index (χ0) is 17.3. The van der Waals surface area contributed by atoms with E-state index in [4.69, 9.17) is 23.2 Å². The molecule has 5 nitrogen and oxygen atoms in total. The third-order valence-electron chi connectivity index (χ3n) is 3.18. The Kier molecular flexibility index (Phi) is 4.71. The second-order valence-electron chi connectivity index (χ2n) is 5.00. The van der Waals surface area contributed by atoms with E-state index in [1.54, 1.807) is 6.07 Å². The van der Waals surface area contributed by atoms with Gasteiger partial charge in [0.25, 0.3) is 5.91 Å². The monoisotopic (exact) mass is 379 g/mol. The average Bonchev–Trinajstić information content (AvgIpc) is 2.87. The van der Waals surface area contributed by atoms with Crippen LogP contribution >= 0.6 is 34.5 Å². The van der Waals surface area contributed by atoms with Crippen LogP contribution in [0.2, 0.25) is 10.0 Å². The maximum absolute atomic E-state index is 12.1. The van der Waals surface area contributed by atoms with E-state index < -0.39 is 11.9 Å². The first-order valence-electron chi connectivity index (χ1n) is 6.87. The number of nitrogens with one attached hydrogen (secondary N) is 2. The molecular weight excluding hydrogens is 369 g/mol. The first-order valence-corrected chi connectivity index (χ1v) is 8.45. The maximum Gasteiger partial charge on any atom is 0.327 e. The molecule has 0 spiro atoms. The highest BCUT2D eigenvalue weighted by molar-refractivity contribution is 7.22. The molecule has 1 heterocycles. The molecule has 1 aromatic heterocycles. The number of fused-ring (bicyclic) bond motifs is 1. The van der Waals surface area contributed by atoms with Crippen molar-refractivity contribution in [3.05, 3.63) is 57.6 Å². The van der Waals surface area contributed by atoms with Crippen molar-refractivity contribution in [1.29, 1.82) is 0 Å². The number of amides is 3. The van der Waals surface area contributed by atoms with Gasteiger partial charge in [-0.3, -0.25) is 15.4 Å². The lowest BCUT2D eigenvalue weighted by atomic mass is 10.2. The van der Waals surface area contributed by atoms with E-state index in [1.807, 2.05) is 25.1 Å². The highest BCUT2D eigenvalue weighted by atomic mass is 35.5.